The minimum absolute atomic E-state index is 0.345. The number of H-pyrrole nitrogens is 1. The number of anilines is 1. The lowest BCUT2D eigenvalue weighted by Gasteiger charge is -1.93. The lowest BCUT2D eigenvalue weighted by Crippen LogP contribution is -1.83. The number of nitrogens with two attached hydrogens (primary N) is 1. The van der Waals surface area contributed by atoms with Crippen molar-refractivity contribution in [2.24, 2.45) is 10.2 Å². The molecule has 0 amide bonds. The van der Waals surface area contributed by atoms with E-state index in [1.807, 2.05) is 0 Å². The SMILES string of the molecule is Cc1n[nH]c(N)c1N=Nc1cccc(F)c1. The highest BCUT2D eigenvalue weighted by molar-refractivity contribution is 5.59. The topological polar surface area (TPSA) is 79.4 Å². The van der Waals surface area contributed by atoms with Crippen LogP contribution in [0.1, 0.15) is 5.69 Å². The second-order valence-corrected chi connectivity index (χ2v) is 3.25. The zero-order chi connectivity index (χ0) is 11.5. The van der Waals surface area contributed by atoms with Crippen LogP contribution in [0.2, 0.25) is 0 Å². The summed E-state index contributed by atoms with van der Waals surface area (Å²) in [7, 11) is 0. The second-order valence-electron chi connectivity index (χ2n) is 3.25. The number of rotatable bonds is 2. The third-order valence-corrected chi connectivity index (χ3v) is 2.02. The molecule has 0 fully saturated rings. The first kappa shape index (κ1) is 10.3. The second kappa shape index (κ2) is 4.09. The molecule has 1 aromatic carbocycles. The van der Waals surface area contributed by atoms with Crippen molar-refractivity contribution in [3.8, 4) is 0 Å². The van der Waals surface area contributed by atoms with Crippen LogP contribution >= 0.6 is 0 Å². The van der Waals surface area contributed by atoms with Crippen LogP contribution in [0.15, 0.2) is 34.5 Å². The van der Waals surface area contributed by atoms with Crippen molar-refractivity contribution in [3.05, 3.63) is 35.8 Å². The van der Waals surface area contributed by atoms with Gasteiger partial charge in [-0.25, -0.2) is 4.39 Å². The average Bonchev–Trinajstić information content (AvgIpc) is 2.56. The van der Waals surface area contributed by atoms with E-state index in [9.17, 15) is 4.39 Å². The van der Waals surface area contributed by atoms with E-state index in [0.29, 0.717) is 22.9 Å². The van der Waals surface area contributed by atoms with Crippen LogP contribution in [0.3, 0.4) is 0 Å². The van der Waals surface area contributed by atoms with Gasteiger partial charge in [-0.2, -0.15) is 10.2 Å². The molecule has 0 aliphatic carbocycles. The summed E-state index contributed by atoms with van der Waals surface area (Å²) in [6, 6.07) is 5.85. The van der Waals surface area contributed by atoms with Crippen LogP contribution < -0.4 is 5.73 Å². The quantitative estimate of drug-likeness (QED) is 0.761. The first-order chi connectivity index (χ1) is 7.66. The lowest BCUT2D eigenvalue weighted by atomic mass is 10.3. The Hall–Kier alpha value is -2.24. The standard InChI is InChI=1S/C10H10FN5/c1-6-9(10(12)16-13-6)15-14-8-4-2-3-7(11)5-8/h2-5H,1H3,(H3,12,13,16). The highest BCUT2D eigenvalue weighted by Crippen LogP contribution is 2.25. The molecule has 0 saturated carbocycles. The van der Waals surface area contributed by atoms with Gasteiger partial charge >= 0.3 is 0 Å². The van der Waals surface area contributed by atoms with Gasteiger partial charge in [-0.1, -0.05) is 6.07 Å². The number of aromatic nitrogens is 2. The van der Waals surface area contributed by atoms with Crippen LogP contribution in [-0.4, -0.2) is 10.2 Å². The summed E-state index contributed by atoms with van der Waals surface area (Å²) in [5, 5.41) is 14.2. The Morgan fingerprint density at radius 3 is 2.81 bits per heavy atom. The zero-order valence-corrected chi connectivity index (χ0v) is 8.61. The number of benzene rings is 1. The maximum atomic E-state index is 12.8. The number of hydrogen-bond acceptors (Lipinski definition) is 4. The molecule has 0 spiro atoms. The van der Waals surface area contributed by atoms with E-state index < -0.39 is 0 Å². The van der Waals surface area contributed by atoms with Crippen LogP contribution in [0.25, 0.3) is 0 Å². The van der Waals surface area contributed by atoms with Crippen molar-refractivity contribution in [1.29, 1.82) is 0 Å². The number of aryl methyl sites for hydroxylation is 1. The Bertz CT molecular complexity index is 512. The molecule has 6 heteroatoms. The molecule has 0 saturated heterocycles. The molecule has 1 aromatic heterocycles. The van der Waals surface area contributed by atoms with E-state index in [1.54, 1.807) is 19.1 Å². The number of nitrogens with one attached hydrogen (secondary N) is 1. The van der Waals surface area contributed by atoms with Crippen LogP contribution in [0.4, 0.5) is 21.6 Å². The van der Waals surface area contributed by atoms with Crippen LogP contribution in [0.5, 0.6) is 0 Å². The molecular weight excluding hydrogens is 209 g/mol. The monoisotopic (exact) mass is 219 g/mol. The Morgan fingerprint density at radius 2 is 2.19 bits per heavy atom. The molecule has 16 heavy (non-hydrogen) atoms. The van der Waals surface area contributed by atoms with Crippen LogP contribution in [-0.2, 0) is 0 Å². The molecule has 5 nitrogen and oxygen atoms in total. The zero-order valence-electron chi connectivity index (χ0n) is 8.61. The molecule has 3 N–H and O–H groups in total. The molecule has 0 bridgehead atoms. The normalized spacial score (nSPS) is 11.1. The van der Waals surface area contributed by atoms with Gasteiger partial charge in [-0.05, 0) is 19.1 Å². The van der Waals surface area contributed by atoms with E-state index in [-0.39, 0.29) is 5.82 Å². The number of nitrogen functional groups attached to an aromatic ring is 1. The lowest BCUT2D eigenvalue weighted by molar-refractivity contribution is 0.628. The van der Waals surface area contributed by atoms with E-state index in [0.717, 1.165) is 0 Å². The highest BCUT2D eigenvalue weighted by Gasteiger charge is 2.05. The number of halogens is 1. The molecule has 1 heterocycles. The van der Waals surface area contributed by atoms with Gasteiger partial charge in [0.1, 0.15) is 11.6 Å². The molecule has 0 aliphatic heterocycles. The number of hydrogen-bond donors (Lipinski definition) is 2. The van der Waals surface area contributed by atoms with Gasteiger partial charge in [0.2, 0.25) is 0 Å². The van der Waals surface area contributed by atoms with Crippen molar-refractivity contribution < 1.29 is 4.39 Å². The smallest absolute Gasteiger partial charge is 0.150 e. The summed E-state index contributed by atoms with van der Waals surface area (Å²) >= 11 is 0. The first-order valence-corrected chi connectivity index (χ1v) is 4.64. The van der Waals surface area contributed by atoms with E-state index in [2.05, 4.69) is 20.4 Å². The fraction of sp³-hybridized carbons (Fsp3) is 0.100. The molecule has 0 aliphatic rings. The number of aromatic amines is 1. The van der Waals surface area contributed by atoms with Crippen molar-refractivity contribution in [2.75, 3.05) is 5.73 Å². The van der Waals surface area contributed by atoms with E-state index in [4.69, 9.17) is 5.73 Å². The molecule has 0 atom stereocenters. The van der Waals surface area contributed by atoms with E-state index in [1.165, 1.54) is 12.1 Å². The van der Waals surface area contributed by atoms with Crippen molar-refractivity contribution in [3.63, 3.8) is 0 Å². The van der Waals surface area contributed by atoms with Gasteiger partial charge in [0, 0.05) is 6.07 Å². The number of nitrogens with zero attached hydrogens (tertiary/aromatic N) is 3. The van der Waals surface area contributed by atoms with Gasteiger partial charge < -0.3 is 5.73 Å². The Balaban J connectivity index is 2.28. The summed E-state index contributed by atoms with van der Waals surface area (Å²) in [4.78, 5) is 0. The van der Waals surface area contributed by atoms with Crippen LogP contribution in [0, 0.1) is 12.7 Å². The molecule has 2 rings (SSSR count). The maximum Gasteiger partial charge on any atom is 0.150 e. The fourth-order valence-corrected chi connectivity index (χ4v) is 1.22. The molecule has 0 unspecified atom stereocenters. The first-order valence-electron chi connectivity index (χ1n) is 4.64. The predicted octanol–water partition coefficient (Wildman–Crippen LogP) is 2.85. The van der Waals surface area contributed by atoms with Gasteiger partial charge in [-0.3, -0.25) is 5.10 Å². The third-order valence-electron chi connectivity index (χ3n) is 2.02. The highest BCUT2D eigenvalue weighted by atomic mass is 19.1. The van der Waals surface area contributed by atoms with E-state index >= 15 is 0 Å². The van der Waals surface area contributed by atoms with Gasteiger partial charge in [0.25, 0.3) is 0 Å². The van der Waals surface area contributed by atoms with Gasteiger partial charge in [-0.15, -0.1) is 5.11 Å². The Kier molecular flexibility index (Phi) is 2.63. The molecule has 2 aromatic rings. The molecule has 82 valence electrons. The van der Waals surface area contributed by atoms with Crippen molar-refractivity contribution in [2.45, 2.75) is 6.92 Å². The predicted molar refractivity (Wildman–Crippen MR) is 58.3 cm³/mol. The van der Waals surface area contributed by atoms with Gasteiger partial charge in [0.05, 0.1) is 11.4 Å². The third kappa shape index (κ3) is 2.05. The molecule has 0 radical (unpaired) electrons. The minimum Gasteiger partial charge on any atom is -0.382 e. The summed E-state index contributed by atoms with van der Waals surface area (Å²) in [5.74, 6) is -0.00834. The van der Waals surface area contributed by atoms with Crippen molar-refractivity contribution >= 4 is 17.2 Å². The summed E-state index contributed by atoms with van der Waals surface area (Å²) in [6.07, 6.45) is 0. The minimum atomic E-state index is -0.353. The molecular formula is C10H10FN5. The fourth-order valence-electron chi connectivity index (χ4n) is 1.22. The maximum absolute atomic E-state index is 12.8. The van der Waals surface area contributed by atoms with Crippen molar-refractivity contribution in [1.82, 2.24) is 10.2 Å². The summed E-state index contributed by atoms with van der Waals surface area (Å²) in [5.41, 5.74) is 7.15. The summed E-state index contributed by atoms with van der Waals surface area (Å²) in [6.45, 7) is 1.76. The number of azo groups is 1. The van der Waals surface area contributed by atoms with Gasteiger partial charge in [0.15, 0.2) is 5.69 Å². The average molecular weight is 219 g/mol. The Morgan fingerprint density at radius 1 is 1.38 bits per heavy atom. The summed E-state index contributed by atoms with van der Waals surface area (Å²) < 4.78 is 12.8. The Labute approximate surface area is 91.2 Å². The largest absolute Gasteiger partial charge is 0.382 e.